The average Bonchev–Trinajstić information content (AvgIpc) is 3.09. The van der Waals surface area contributed by atoms with Gasteiger partial charge in [0.1, 0.15) is 5.78 Å². The van der Waals surface area contributed by atoms with E-state index in [0.717, 1.165) is 12.8 Å². The van der Waals surface area contributed by atoms with Crippen molar-refractivity contribution in [3.8, 4) is 0 Å². The molecule has 0 aliphatic carbocycles. The normalized spacial score (nSPS) is 18.1. The second-order valence-electron chi connectivity index (χ2n) is 6.46. The van der Waals surface area contributed by atoms with Crippen molar-refractivity contribution >= 4 is 17.7 Å². The molecule has 1 amide bonds. The van der Waals surface area contributed by atoms with Crippen LogP contribution in [0, 0.1) is 0 Å². The Morgan fingerprint density at radius 1 is 1.12 bits per heavy atom. The molecule has 1 unspecified atom stereocenters. The number of carbonyl (C=O) groups excluding carboxylic acids is 2. The molecule has 1 fully saturated rings. The van der Waals surface area contributed by atoms with E-state index in [4.69, 9.17) is 5.11 Å². The van der Waals surface area contributed by atoms with E-state index in [9.17, 15) is 19.5 Å². The number of nitrogens with zero attached hydrogens (tertiary/aromatic N) is 1. The number of amides is 1. The summed E-state index contributed by atoms with van der Waals surface area (Å²) in [5, 5.41) is 18.6. The number of benzene rings is 1. The lowest BCUT2D eigenvalue weighted by atomic mass is 10.0. The van der Waals surface area contributed by atoms with Crippen LogP contribution in [0.3, 0.4) is 0 Å². The summed E-state index contributed by atoms with van der Waals surface area (Å²) >= 11 is 0. The minimum absolute atomic E-state index is 0.0406. The van der Waals surface area contributed by atoms with Crippen molar-refractivity contribution < 1.29 is 24.6 Å². The molecular formula is C19H25NO5. The molecular weight excluding hydrogens is 322 g/mol. The number of carbonyl (C=O) groups is 3. The van der Waals surface area contributed by atoms with Crippen LogP contribution in [0.5, 0.6) is 0 Å². The molecule has 2 rings (SSSR count). The van der Waals surface area contributed by atoms with Gasteiger partial charge in [0.05, 0.1) is 6.04 Å². The topological polar surface area (TPSA) is 94.9 Å². The molecule has 1 aliphatic rings. The fourth-order valence-corrected chi connectivity index (χ4v) is 3.24. The third-order valence-corrected chi connectivity index (χ3v) is 4.62. The number of Topliss-reactive ketones (excluding diaryl/α,β-unsaturated/α-hetero) is 1. The molecule has 1 aliphatic heterocycles. The van der Waals surface area contributed by atoms with Gasteiger partial charge in [0.25, 0.3) is 0 Å². The van der Waals surface area contributed by atoms with Gasteiger partial charge in [-0.2, -0.15) is 0 Å². The van der Waals surface area contributed by atoms with E-state index < -0.39 is 18.1 Å². The fraction of sp³-hybridized carbons (Fsp3) is 0.526. The zero-order chi connectivity index (χ0) is 18.2. The van der Waals surface area contributed by atoms with Crippen LogP contribution in [0.1, 0.15) is 44.1 Å². The highest BCUT2D eigenvalue weighted by Crippen LogP contribution is 2.22. The fourth-order valence-electron chi connectivity index (χ4n) is 3.24. The van der Waals surface area contributed by atoms with Crippen molar-refractivity contribution in [2.75, 3.05) is 6.54 Å². The molecule has 1 aromatic carbocycles. The minimum Gasteiger partial charge on any atom is -0.479 e. The number of aliphatic carboxylic acids is 1. The number of aryl methyl sites for hydroxylation is 1. The largest absolute Gasteiger partial charge is 0.479 e. The first-order valence-electron chi connectivity index (χ1n) is 8.75. The van der Waals surface area contributed by atoms with Gasteiger partial charge in [0.2, 0.25) is 5.91 Å². The molecule has 1 saturated heterocycles. The molecule has 6 heteroatoms. The van der Waals surface area contributed by atoms with Crippen LogP contribution in [0.2, 0.25) is 0 Å². The van der Waals surface area contributed by atoms with Crippen LogP contribution < -0.4 is 0 Å². The van der Waals surface area contributed by atoms with Crippen LogP contribution in [0.4, 0.5) is 0 Å². The van der Waals surface area contributed by atoms with E-state index in [1.165, 1.54) is 10.5 Å². The number of ketones is 1. The number of aliphatic hydroxyl groups is 1. The zero-order valence-electron chi connectivity index (χ0n) is 14.3. The first-order chi connectivity index (χ1) is 12.0. The van der Waals surface area contributed by atoms with Crippen LogP contribution in [0.15, 0.2) is 30.3 Å². The number of hydrogen-bond acceptors (Lipinski definition) is 4. The summed E-state index contributed by atoms with van der Waals surface area (Å²) in [5.74, 6) is -1.53. The summed E-state index contributed by atoms with van der Waals surface area (Å²) < 4.78 is 0. The zero-order valence-corrected chi connectivity index (χ0v) is 14.3. The monoisotopic (exact) mass is 347 g/mol. The van der Waals surface area contributed by atoms with Crippen LogP contribution in [0.25, 0.3) is 0 Å². The summed E-state index contributed by atoms with van der Waals surface area (Å²) in [7, 11) is 0. The molecule has 25 heavy (non-hydrogen) atoms. The van der Waals surface area contributed by atoms with Crippen LogP contribution >= 0.6 is 0 Å². The molecule has 2 N–H and O–H groups in total. The third-order valence-electron chi connectivity index (χ3n) is 4.62. The Hall–Kier alpha value is -2.21. The van der Waals surface area contributed by atoms with Gasteiger partial charge in [0.15, 0.2) is 6.10 Å². The van der Waals surface area contributed by atoms with Crippen molar-refractivity contribution in [3.05, 3.63) is 35.9 Å². The van der Waals surface area contributed by atoms with Crippen molar-refractivity contribution in [1.29, 1.82) is 0 Å². The van der Waals surface area contributed by atoms with Gasteiger partial charge in [0, 0.05) is 25.8 Å². The molecule has 2 atom stereocenters. The first kappa shape index (κ1) is 19.1. The van der Waals surface area contributed by atoms with Gasteiger partial charge < -0.3 is 15.1 Å². The van der Waals surface area contributed by atoms with Crippen molar-refractivity contribution in [3.63, 3.8) is 0 Å². The number of aliphatic hydroxyl groups excluding tert-OH is 1. The molecule has 0 aromatic heterocycles. The second kappa shape index (κ2) is 9.32. The molecule has 6 nitrogen and oxygen atoms in total. The Morgan fingerprint density at radius 2 is 1.84 bits per heavy atom. The highest BCUT2D eigenvalue weighted by atomic mass is 16.4. The number of carboxylic acids is 1. The first-order valence-corrected chi connectivity index (χ1v) is 8.75. The standard InChI is InChI=1S/C19H25NO5/c21-15(9-4-8-14-6-2-1-3-7-14)11-12-17(22)20-13-5-10-16(20)18(23)19(24)25/h1-3,6-7,16,18,23H,4-5,8-13H2,(H,24,25)/t16-,18?/m0/s1. The lowest BCUT2D eigenvalue weighted by Crippen LogP contribution is -2.46. The van der Waals surface area contributed by atoms with E-state index in [1.54, 1.807) is 0 Å². The van der Waals surface area contributed by atoms with E-state index >= 15 is 0 Å². The number of hydrogen-bond donors (Lipinski definition) is 2. The number of carboxylic acid groups (broad SMARTS) is 1. The Balaban J connectivity index is 1.71. The Morgan fingerprint density at radius 3 is 2.52 bits per heavy atom. The Kier molecular flexibility index (Phi) is 7.13. The molecule has 0 spiro atoms. The van der Waals surface area contributed by atoms with E-state index in [-0.39, 0.29) is 24.5 Å². The number of rotatable bonds is 9. The smallest absolute Gasteiger partial charge is 0.334 e. The van der Waals surface area contributed by atoms with Gasteiger partial charge in [-0.05, 0) is 31.2 Å². The van der Waals surface area contributed by atoms with Gasteiger partial charge >= 0.3 is 5.97 Å². The van der Waals surface area contributed by atoms with E-state index in [0.29, 0.717) is 25.8 Å². The average molecular weight is 347 g/mol. The maximum atomic E-state index is 12.3. The van der Waals surface area contributed by atoms with Gasteiger partial charge in [-0.3, -0.25) is 9.59 Å². The van der Waals surface area contributed by atoms with Gasteiger partial charge in [-0.15, -0.1) is 0 Å². The van der Waals surface area contributed by atoms with Gasteiger partial charge in [-0.1, -0.05) is 30.3 Å². The lowest BCUT2D eigenvalue weighted by Gasteiger charge is -2.26. The summed E-state index contributed by atoms with van der Waals surface area (Å²) in [4.78, 5) is 36.5. The molecule has 1 aromatic rings. The molecule has 1 heterocycles. The second-order valence-corrected chi connectivity index (χ2v) is 6.46. The molecule has 0 saturated carbocycles. The predicted molar refractivity (Wildman–Crippen MR) is 92.0 cm³/mol. The minimum atomic E-state index is -1.56. The van der Waals surface area contributed by atoms with E-state index in [2.05, 4.69) is 0 Å². The quantitative estimate of drug-likeness (QED) is 0.710. The summed E-state index contributed by atoms with van der Waals surface area (Å²) in [6, 6.07) is 9.25. The number of likely N-dealkylation sites (tertiary alicyclic amines) is 1. The highest BCUT2D eigenvalue weighted by Gasteiger charge is 2.37. The highest BCUT2D eigenvalue weighted by molar-refractivity contribution is 5.85. The third kappa shape index (κ3) is 5.67. The lowest BCUT2D eigenvalue weighted by molar-refractivity contribution is -0.152. The summed E-state index contributed by atoms with van der Waals surface area (Å²) in [5.41, 5.74) is 1.19. The Labute approximate surface area is 147 Å². The SMILES string of the molecule is O=C(CCCc1ccccc1)CCC(=O)N1CCC[C@H]1C(O)C(=O)O. The maximum absolute atomic E-state index is 12.3. The van der Waals surface area contributed by atoms with Crippen molar-refractivity contribution in [2.24, 2.45) is 0 Å². The maximum Gasteiger partial charge on any atom is 0.334 e. The molecule has 0 bridgehead atoms. The summed E-state index contributed by atoms with van der Waals surface area (Å²) in [6.07, 6.45) is 1.85. The van der Waals surface area contributed by atoms with E-state index in [1.807, 2.05) is 30.3 Å². The van der Waals surface area contributed by atoms with Crippen LogP contribution in [-0.2, 0) is 20.8 Å². The van der Waals surface area contributed by atoms with Gasteiger partial charge in [-0.25, -0.2) is 4.79 Å². The summed E-state index contributed by atoms with van der Waals surface area (Å²) in [6.45, 7) is 0.441. The predicted octanol–water partition coefficient (Wildman–Crippen LogP) is 1.80. The molecule has 0 radical (unpaired) electrons. The van der Waals surface area contributed by atoms with Crippen molar-refractivity contribution in [1.82, 2.24) is 4.90 Å². The Bertz CT molecular complexity index is 601. The van der Waals surface area contributed by atoms with Crippen LogP contribution in [-0.4, -0.2) is 51.5 Å². The molecule has 136 valence electrons. The van der Waals surface area contributed by atoms with Crippen molar-refractivity contribution in [2.45, 2.75) is 57.1 Å².